The van der Waals surface area contributed by atoms with Crippen molar-refractivity contribution in [2.45, 2.75) is 6.42 Å². The molecule has 1 heterocycles. The summed E-state index contributed by atoms with van der Waals surface area (Å²) in [6.07, 6.45) is 1.13. The van der Waals surface area contributed by atoms with E-state index in [0.717, 1.165) is 33.0 Å². The van der Waals surface area contributed by atoms with E-state index in [1.807, 2.05) is 0 Å². The van der Waals surface area contributed by atoms with Crippen LogP contribution in [0.15, 0.2) is 30.3 Å². The van der Waals surface area contributed by atoms with Crippen molar-refractivity contribution in [1.82, 2.24) is 15.5 Å². The Labute approximate surface area is 85.1 Å². The van der Waals surface area contributed by atoms with Gasteiger partial charge in [-0.1, -0.05) is 30.3 Å². The van der Waals surface area contributed by atoms with Gasteiger partial charge in [-0.05, 0) is 12.0 Å². The van der Waals surface area contributed by atoms with Crippen molar-refractivity contribution < 1.29 is 0 Å². The molecule has 1 aromatic rings. The number of rotatable bonds is 3. The van der Waals surface area contributed by atoms with Crippen LogP contribution in [-0.2, 0) is 6.42 Å². The molecule has 0 unspecified atom stereocenters. The minimum absolute atomic E-state index is 0.932. The van der Waals surface area contributed by atoms with Crippen molar-refractivity contribution in [2.75, 3.05) is 26.6 Å². The van der Waals surface area contributed by atoms with Gasteiger partial charge >= 0.3 is 0 Å². The molecule has 0 amide bonds. The Kier molecular flexibility index (Phi) is 3.51. The van der Waals surface area contributed by atoms with E-state index < -0.39 is 0 Å². The van der Waals surface area contributed by atoms with Crippen LogP contribution in [0.5, 0.6) is 0 Å². The van der Waals surface area contributed by atoms with E-state index in [4.69, 9.17) is 0 Å². The fourth-order valence-electron chi connectivity index (χ4n) is 1.66. The Hall–Kier alpha value is -0.900. The van der Waals surface area contributed by atoms with Crippen LogP contribution in [0.1, 0.15) is 5.56 Å². The zero-order valence-corrected chi connectivity index (χ0v) is 8.37. The van der Waals surface area contributed by atoms with Gasteiger partial charge in [-0.2, -0.15) is 0 Å². The smallest absolute Gasteiger partial charge is 0.0502 e. The molecule has 0 aliphatic carbocycles. The van der Waals surface area contributed by atoms with Crippen LogP contribution in [0, 0.1) is 0 Å². The lowest BCUT2D eigenvalue weighted by Crippen LogP contribution is -2.51. The fraction of sp³-hybridized carbons (Fsp3) is 0.455. The molecular weight excluding hydrogens is 174 g/mol. The third-order valence-electron chi connectivity index (χ3n) is 2.48. The van der Waals surface area contributed by atoms with Crippen molar-refractivity contribution in [2.24, 2.45) is 0 Å². The highest BCUT2D eigenvalue weighted by Gasteiger charge is 2.07. The Morgan fingerprint density at radius 2 is 1.79 bits per heavy atom. The van der Waals surface area contributed by atoms with Gasteiger partial charge in [0.2, 0.25) is 0 Å². The first kappa shape index (κ1) is 9.65. The molecule has 0 atom stereocenters. The molecule has 1 aliphatic rings. The van der Waals surface area contributed by atoms with Gasteiger partial charge < -0.3 is 0 Å². The maximum atomic E-state index is 3.29. The van der Waals surface area contributed by atoms with Crippen LogP contribution in [0.4, 0.5) is 0 Å². The predicted molar refractivity (Wildman–Crippen MR) is 57.7 cm³/mol. The third kappa shape index (κ3) is 2.80. The third-order valence-corrected chi connectivity index (χ3v) is 2.48. The van der Waals surface area contributed by atoms with Crippen LogP contribution in [0.3, 0.4) is 0 Å². The van der Waals surface area contributed by atoms with Crippen molar-refractivity contribution in [3.8, 4) is 0 Å². The van der Waals surface area contributed by atoms with E-state index >= 15 is 0 Å². The second-order valence-corrected chi connectivity index (χ2v) is 3.62. The number of hydrogen-bond donors (Lipinski definition) is 2. The molecule has 1 fully saturated rings. The molecule has 0 spiro atoms. The fourth-order valence-corrected chi connectivity index (χ4v) is 1.66. The quantitative estimate of drug-likeness (QED) is 0.732. The topological polar surface area (TPSA) is 27.3 Å². The van der Waals surface area contributed by atoms with Gasteiger partial charge in [0.05, 0.1) is 13.3 Å². The molecular formula is C11H17N3. The van der Waals surface area contributed by atoms with Crippen LogP contribution >= 0.6 is 0 Å². The summed E-state index contributed by atoms with van der Waals surface area (Å²) >= 11 is 0. The average molecular weight is 191 g/mol. The second kappa shape index (κ2) is 5.10. The van der Waals surface area contributed by atoms with Gasteiger partial charge in [0.1, 0.15) is 0 Å². The van der Waals surface area contributed by atoms with Crippen LogP contribution < -0.4 is 10.6 Å². The summed E-state index contributed by atoms with van der Waals surface area (Å²) in [5.41, 5.74) is 1.41. The highest BCUT2D eigenvalue weighted by molar-refractivity contribution is 5.14. The summed E-state index contributed by atoms with van der Waals surface area (Å²) in [5.74, 6) is 0. The van der Waals surface area contributed by atoms with E-state index in [2.05, 4.69) is 45.9 Å². The first-order valence-electron chi connectivity index (χ1n) is 5.13. The summed E-state index contributed by atoms with van der Waals surface area (Å²) < 4.78 is 0. The molecule has 1 aromatic carbocycles. The van der Waals surface area contributed by atoms with Crippen LogP contribution in [-0.4, -0.2) is 31.5 Å². The normalized spacial score (nSPS) is 18.3. The Balaban J connectivity index is 1.76. The second-order valence-electron chi connectivity index (χ2n) is 3.62. The van der Waals surface area contributed by atoms with Gasteiger partial charge in [0, 0.05) is 13.2 Å². The van der Waals surface area contributed by atoms with Crippen LogP contribution in [0.2, 0.25) is 0 Å². The molecule has 14 heavy (non-hydrogen) atoms. The van der Waals surface area contributed by atoms with Gasteiger partial charge in [0.25, 0.3) is 0 Å². The van der Waals surface area contributed by atoms with Crippen molar-refractivity contribution in [1.29, 1.82) is 0 Å². The maximum absolute atomic E-state index is 3.29. The Morgan fingerprint density at radius 3 is 2.50 bits per heavy atom. The van der Waals surface area contributed by atoms with E-state index in [0.29, 0.717) is 0 Å². The summed E-state index contributed by atoms with van der Waals surface area (Å²) in [7, 11) is 0. The van der Waals surface area contributed by atoms with E-state index in [1.54, 1.807) is 0 Å². The molecule has 0 radical (unpaired) electrons. The van der Waals surface area contributed by atoms with Gasteiger partial charge in [-0.3, -0.25) is 15.5 Å². The molecule has 1 saturated heterocycles. The Bertz CT molecular complexity index is 254. The van der Waals surface area contributed by atoms with Crippen molar-refractivity contribution >= 4 is 0 Å². The maximum Gasteiger partial charge on any atom is 0.0502 e. The minimum atomic E-state index is 0.932. The number of benzene rings is 1. The highest BCUT2D eigenvalue weighted by Crippen LogP contribution is 2.01. The number of hydrogen-bond acceptors (Lipinski definition) is 3. The van der Waals surface area contributed by atoms with Crippen molar-refractivity contribution in [3.05, 3.63) is 35.9 Å². The lowest BCUT2D eigenvalue weighted by molar-refractivity contribution is 0.193. The molecule has 3 nitrogen and oxygen atoms in total. The highest BCUT2D eigenvalue weighted by atomic mass is 15.4. The summed E-state index contributed by atoms with van der Waals surface area (Å²) in [6.45, 7) is 4.05. The lowest BCUT2D eigenvalue weighted by Gasteiger charge is -2.27. The molecule has 2 rings (SSSR count). The molecule has 0 bridgehead atoms. The van der Waals surface area contributed by atoms with E-state index in [1.165, 1.54) is 5.56 Å². The zero-order chi connectivity index (χ0) is 9.64. The van der Waals surface area contributed by atoms with Gasteiger partial charge in [0.15, 0.2) is 0 Å². The molecule has 3 heteroatoms. The van der Waals surface area contributed by atoms with E-state index in [9.17, 15) is 0 Å². The predicted octanol–water partition coefficient (Wildman–Crippen LogP) is 0.596. The molecule has 0 aromatic heterocycles. The summed E-state index contributed by atoms with van der Waals surface area (Å²) in [6, 6.07) is 10.6. The standard InChI is InChI=1S/C11H17N3/c1-2-4-11(5-3-1)6-7-14-9-12-8-13-10-14/h1-5,12-13H,6-10H2. The monoisotopic (exact) mass is 191 g/mol. The summed E-state index contributed by atoms with van der Waals surface area (Å²) in [5, 5.41) is 6.57. The molecule has 2 N–H and O–H groups in total. The molecule has 0 saturated carbocycles. The molecule has 76 valence electrons. The zero-order valence-electron chi connectivity index (χ0n) is 8.37. The summed E-state index contributed by atoms with van der Waals surface area (Å²) in [4.78, 5) is 2.37. The molecule has 1 aliphatic heterocycles. The Morgan fingerprint density at radius 1 is 1.07 bits per heavy atom. The van der Waals surface area contributed by atoms with Gasteiger partial charge in [-0.15, -0.1) is 0 Å². The van der Waals surface area contributed by atoms with Crippen molar-refractivity contribution in [3.63, 3.8) is 0 Å². The van der Waals surface area contributed by atoms with Gasteiger partial charge in [-0.25, -0.2) is 0 Å². The number of nitrogens with zero attached hydrogens (tertiary/aromatic N) is 1. The van der Waals surface area contributed by atoms with E-state index in [-0.39, 0.29) is 0 Å². The lowest BCUT2D eigenvalue weighted by atomic mass is 10.1. The first-order chi connectivity index (χ1) is 6.95. The largest absolute Gasteiger partial charge is 0.292 e. The average Bonchev–Trinajstić information content (AvgIpc) is 2.29. The first-order valence-corrected chi connectivity index (χ1v) is 5.13. The number of nitrogens with one attached hydrogen (secondary N) is 2. The van der Waals surface area contributed by atoms with Crippen LogP contribution in [0.25, 0.3) is 0 Å². The SMILES string of the molecule is c1ccc(CCN2CNCNC2)cc1. The minimum Gasteiger partial charge on any atom is -0.292 e.